The summed E-state index contributed by atoms with van der Waals surface area (Å²) in [4.78, 5) is 16.2. The van der Waals surface area contributed by atoms with Gasteiger partial charge >= 0.3 is 0 Å². The molecule has 0 aliphatic carbocycles. The molecule has 1 saturated heterocycles. The van der Waals surface area contributed by atoms with Crippen LogP contribution in [0.25, 0.3) is 0 Å². The van der Waals surface area contributed by atoms with Gasteiger partial charge in [-0.2, -0.15) is 4.72 Å². The van der Waals surface area contributed by atoms with Crippen LogP contribution < -0.4 is 4.72 Å². The molecule has 1 fully saturated rings. The van der Waals surface area contributed by atoms with Crippen LogP contribution in [0.2, 0.25) is 10.0 Å². The maximum atomic E-state index is 14.4. The molecule has 0 aromatic heterocycles. The van der Waals surface area contributed by atoms with E-state index < -0.39 is 28.2 Å². The fraction of sp³-hybridized carbons (Fsp3) is 0.321. The number of sulfonamides is 1. The van der Waals surface area contributed by atoms with Gasteiger partial charge in [-0.1, -0.05) is 78.5 Å². The smallest absolute Gasteiger partial charge is 0.244 e. The monoisotopic (exact) mass is 558 g/mol. The second kappa shape index (κ2) is 10.4. The maximum Gasteiger partial charge on any atom is 0.244 e. The number of benzene rings is 3. The molecule has 5 rings (SSSR count). The van der Waals surface area contributed by atoms with E-state index in [9.17, 15) is 13.2 Å². The third kappa shape index (κ3) is 5.03. The molecule has 1 N–H and O–H groups in total. The minimum atomic E-state index is -4.05. The quantitative estimate of drug-likeness (QED) is 0.413. The largest absolute Gasteiger partial charge is 0.356 e. The van der Waals surface area contributed by atoms with Crippen molar-refractivity contribution in [1.82, 2.24) is 9.62 Å². The highest BCUT2D eigenvalue weighted by Gasteiger charge is 2.49. The van der Waals surface area contributed by atoms with Crippen molar-refractivity contribution in [3.63, 3.8) is 0 Å². The van der Waals surface area contributed by atoms with Crippen LogP contribution in [-0.4, -0.2) is 38.1 Å². The van der Waals surface area contributed by atoms with Crippen molar-refractivity contribution in [2.45, 2.75) is 55.8 Å². The molecule has 194 valence electrons. The highest BCUT2D eigenvalue weighted by atomic mass is 35.5. The molecule has 0 saturated carbocycles. The van der Waals surface area contributed by atoms with Gasteiger partial charge in [0.25, 0.3) is 0 Å². The lowest BCUT2D eigenvalue weighted by Gasteiger charge is -2.31. The van der Waals surface area contributed by atoms with Crippen molar-refractivity contribution in [3.05, 3.63) is 99.0 Å². The number of halogens is 2. The average molecular weight is 560 g/mol. The van der Waals surface area contributed by atoms with E-state index in [1.54, 1.807) is 47.4 Å². The number of nitrogens with zero attached hydrogens (tertiary/aromatic N) is 1. The van der Waals surface area contributed by atoms with E-state index in [0.717, 1.165) is 23.1 Å². The zero-order valence-corrected chi connectivity index (χ0v) is 22.9. The highest BCUT2D eigenvalue weighted by molar-refractivity contribution is 7.89. The summed E-state index contributed by atoms with van der Waals surface area (Å²) in [7, 11) is -4.05. The Kier molecular flexibility index (Phi) is 7.35. The van der Waals surface area contributed by atoms with E-state index in [-0.39, 0.29) is 16.8 Å². The summed E-state index contributed by atoms with van der Waals surface area (Å²) in [5.41, 5.74) is 3.35. The van der Waals surface area contributed by atoms with Crippen LogP contribution in [0.4, 0.5) is 0 Å². The zero-order chi connectivity index (χ0) is 26.3. The van der Waals surface area contributed by atoms with Gasteiger partial charge in [0.2, 0.25) is 15.9 Å². The number of nitrogens with one attached hydrogen (secondary N) is 1. The van der Waals surface area contributed by atoms with E-state index in [1.807, 2.05) is 38.1 Å². The van der Waals surface area contributed by atoms with Crippen molar-refractivity contribution in [1.29, 1.82) is 0 Å². The number of ether oxygens (including phenoxy) is 1. The number of amides is 1. The Balaban J connectivity index is 1.71. The molecule has 2 aliphatic heterocycles. The van der Waals surface area contributed by atoms with Crippen LogP contribution in [0.5, 0.6) is 0 Å². The van der Waals surface area contributed by atoms with Crippen LogP contribution in [0.1, 0.15) is 54.0 Å². The molecule has 0 spiro atoms. The zero-order valence-electron chi connectivity index (χ0n) is 20.5. The van der Waals surface area contributed by atoms with Crippen molar-refractivity contribution in [3.8, 4) is 0 Å². The summed E-state index contributed by atoms with van der Waals surface area (Å²) in [6, 6.07) is 17.9. The lowest BCUT2D eigenvalue weighted by Crippen LogP contribution is -2.52. The third-order valence-corrected chi connectivity index (χ3v) is 8.92. The molecular weight excluding hydrogens is 531 g/mol. The Labute approximate surface area is 227 Å². The molecule has 1 amide bonds. The van der Waals surface area contributed by atoms with Crippen LogP contribution in [0.15, 0.2) is 71.6 Å². The average Bonchev–Trinajstić information content (AvgIpc) is 3.23. The Morgan fingerprint density at radius 1 is 1.00 bits per heavy atom. The molecule has 0 bridgehead atoms. The lowest BCUT2D eigenvalue weighted by molar-refractivity contribution is -0.140. The number of fused-ring (bicyclic) bond motifs is 3. The van der Waals surface area contributed by atoms with Crippen LogP contribution in [-0.2, 0) is 19.6 Å². The maximum absolute atomic E-state index is 14.4. The molecule has 2 heterocycles. The number of carbonyl (C=O) groups excluding carboxylic acids is 1. The summed E-state index contributed by atoms with van der Waals surface area (Å²) >= 11 is 12.8. The highest BCUT2D eigenvalue weighted by Crippen LogP contribution is 2.44. The number of carbonyl (C=O) groups is 1. The van der Waals surface area contributed by atoms with E-state index in [1.165, 1.54) is 0 Å². The number of aryl methyl sites for hydroxylation is 1. The first kappa shape index (κ1) is 26.2. The topological polar surface area (TPSA) is 75.7 Å². The van der Waals surface area contributed by atoms with Crippen LogP contribution in [0, 0.1) is 6.92 Å². The van der Waals surface area contributed by atoms with Gasteiger partial charge in [0, 0.05) is 16.0 Å². The number of rotatable bonds is 6. The first-order chi connectivity index (χ1) is 17.7. The Bertz CT molecular complexity index is 1410. The molecule has 0 unspecified atom stereocenters. The second-order valence-corrected chi connectivity index (χ2v) is 12.1. The molecule has 6 nitrogen and oxygen atoms in total. The van der Waals surface area contributed by atoms with E-state index >= 15 is 0 Å². The molecular formula is C28H28Cl2N2O4S. The summed E-state index contributed by atoms with van der Waals surface area (Å²) in [5, 5.41) is 0.814. The SMILES string of the molecule is CCC[C@H]1OC[C@H]2c3ccccc3[C@H](c3cc(Cl)cc(Cl)c3)[C@@H](NS(=O)(=O)c3ccc(C)cc3)C(=O)N12. The van der Waals surface area contributed by atoms with Gasteiger partial charge in [-0.25, -0.2) is 8.42 Å². The van der Waals surface area contributed by atoms with E-state index in [0.29, 0.717) is 28.6 Å². The van der Waals surface area contributed by atoms with Gasteiger partial charge in [-0.05, 0) is 60.4 Å². The molecule has 3 aromatic carbocycles. The fourth-order valence-corrected chi connectivity index (χ4v) is 7.09. The van der Waals surface area contributed by atoms with Gasteiger partial charge in [0.05, 0.1) is 17.5 Å². The summed E-state index contributed by atoms with van der Waals surface area (Å²) in [5.74, 6) is -0.998. The van der Waals surface area contributed by atoms with Crippen LogP contribution in [0.3, 0.4) is 0 Å². The van der Waals surface area contributed by atoms with E-state index in [2.05, 4.69) is 4.72 Å². The number of hydrogen-bond donors (Lipinski definition) is 1. The van der Waals surface area contributed by atoms with Gasteiger partial charge in [-0.3, -0.25) is 4.79 Å². The fourth-order valence-electron chi connectivity index (χ4n) is 5.35. The second-order valence-electron chi connectivity index (χ2n) is 9.56. The van der Waals surface area contributed by atoms with Crippen molar-refractivity contribution in [2.24, 2.45) is 0 Å². The van der Waals surface area contributed by atoms with Gasteiger partial charge in [0.15, 0.2) is 0 Å². The number of hydrogen-bond acceptors (Lipinski definition) is 4. The minimum Gasteiger partial charge on any atom is -0.356 e. The van der Waals surface area contributed by atoms with Gasteiger partial charge < -0.3 is 9.64 Å². The predicted octanol–water partition coefficient (Wildman–Crippen LogP) is 5.82. The minimum absolute atomic E-state index is 0.0886. The molecule has 0 radical (unpaired) electrons. The van der Waals surface area contributed by atoms with Crippen LogP contribution >= 0.6 is 23.2 Å². The summed E-state index contributed by atoms with van der Waals surface area (Å²) in [6.45, 7) is 4.26. The Morgan fingerprint density at radius 2 is 1.65 bits per heavy atom. The summed E-state index contributed by atoms with van der Waals surface area (Å²) in [6.07, 6.45) is 1.02. The normalized spacial score (nSPS) is 23.5. The predicted molar refractivity (Wildman–Crippen MR) is 144 cm³/mol. The van der Waals surface area contributed by atoms with Gasteiger partial charge in [0.1, 0.15) is 12.3 Å². The third-order valence-electron chi connectivity index (χ3n) is 7.03. The first-order valence-corrected chi connectivity index (χ1v) is 14.5. The van der Waals surface area contributed by atoms with E-state index in [4.69, 9.17) is 27.9 Å². The van der Waals surface area contributed by atoms with Crippen molar-refractivity contribution >= 4 is 39.1 Å². The Morgan fingerprint density at radius 3 is 2.30 bits per heavy atom. The summed E-state index contributed by atoms with van der Waals surface area (Å²) < 4.78 is 36.1. The van der Waals surface area contributed by atoms with Crippen molar-refractivity contribution < 1.29 is 17.9 Å². The molecule has 37 heavy (non-hydrogen) atoms. The molecule has 4 atom stereocenters. The van der Waals surface area contributed by atoms with Crippen molar-refractivity contribution in [2.75, 3.05) is 6.61 Å². The lowest BCUT2D eigenvalue weighted by atomic mass is 9.83. The standard InChI is InChI=1S/C28H28Cl2N2O4S/c1-3-6-25-32-24(16-36-25)22-7-4-5-8-23(22)26(18-13-19(29)15-20(30)14-18)27(28(32)33)31-37(34,35)21-11-9-17(2)10-12-21/h4-5,7-15,24-27,31H,3,6,16H2,1-2H3/t24-,25+,26-,27+/m0/s1. The molecule has 9 heteroatoms. The molecule has 2 aliphatic rings. The van der Waals surface area contributed by atoms with Gasteiger partial charge in [-0.15, -0.1) is 0 Å². The first-order valence-electron chi connectivity index (χ1n) is 12.3. The Hall–Kier alpha value is -2.42. The molecule has 3 aromatic rings.